The predicted octanol–water partition coefficient (Wildman–Crippen LogP) is 3.75. The summed E-state index contributed by atoms with van der Waals surface area (Å²) in [4.78, 5) is 18.3. The van der Waals surface area contributed by atoms with Crippen LogP contribution in [0.15, 0.2) is 48.7 Å². The first-order chi connectivity index (χ1) is 10.2. The van der Waals surface area contributed by atoms with Crippen molar-refractivity contribution in [2.24, 2.45) is 0 Å². The van der Waals surface area contributed by atoms with Crippen LogP contribution in [0.3, 0.4) is 0 Å². The van der Waals surface area contributed by atoms with Crippen molar-refractivity contribution in [3.63, 3.8) is 0 Å². The Balaban J connectivity index is 1.63. The molecule has 3 nitrogen and oxygen atoms in total. The maximum absolute atomic E-state index is 12.4. The summed E-state index contributed by atoms with van der Waals surface area (Å²) in [5, 5.41) is 0.411. The molecule has 0 aliphatic carbocycles. The Labute approximate surface area is 129 Å². The molecule has 1 amide bonds. The molecule has 2 aromatic rings. The van der Waals surface area contributed by atoms with Gasteiger partial charge in [0.1, 0.15) is 5.15 Å². The van der Waals surface area contributed by atoms with Gasteiger partial charge in [0.05, 0.1) is 5.56 Å². The SMILES string of the molecule is O=C(c1ccc(Cl)nc1)N1CCC(c2ccccc2)CC1. The van der Waals surface area contributed by atoms with Crippen LogP contribution >= 0.6 is 11.6 Å². The third kappa shape index (κ3) is 3.24. The lowest BCUT2D eigenvalue weighted by atomic mass is 9.89. The molecule has 3 rings (SSSR count). The fourth-order valence-corrected chi connectivity index (χ4v) is 2.94. The van der Waals surface area contributed by atoms with Crippen molar-refractivity contribution in [3.05, 3.63) is 64.9 Å². The molecule has 108 valence electrons. The second kappa shape index (κ2) is 6.27. The lowest BCUT2D eigenvalue weighted by Gasteiger charge is -2.32. The Bertz CT molecular complexity index is 604. The van der Waals surface area contributed by atoms with Gasteiger partial charge in [0.2, 0.25) is 0 Å². The number of hydrogen-bond acceptors (Lipinski definition) is 2. The third-order valence-corrected chi connectivity index (χ3v) is 4.25. The van der Waals surface area contributed by atoms with E-state index in [9.17, 15) is 4.79 Å². The average molecular weight is 301 g/mol. The molecular formula is C17H17ClN2O. The quantitative estimate of drug-likeness (QED) is 0.791. The Morgan fingerprint density at radius 3 is 2.43 bits per heavy atom. The van der Waals surface area contributed by atoms with E-state index in [-0.39, 0.29) is 5.91 Å². The van der Waals surface area contributed by atoms with Gasteiger partial charge in [0.15, 0.2) is 0 Å². The van der Waals surface area contributed by atoms with E-state index in [2.05, 4.69) is 29.2 Å². The zero-order valence-electron chi connectivity index (χ0n) is 11.7. The number of nitrogens with zero attached hydrogens (tertiary/aromatic N) is 2. The zero-order valence-corrected chi connectivity index (χ0v) is 12.5. The summed E-state index contributed by atoms with van der Waals surface area (Å²) in [6, 6.07) is 13.9. The van der Waals surface area contributed by atoms with Gasteiger partial charge in [-0.1, -0.05) is 41.9 Å². The summed E-state index contributed by atoms with van der Waals surface area (Å²) in [5.74, 6) is 0.601. The summed E-state index contributed by atoms with van der Waals surface area (Å²) >= 11 is 5.75. The minimum Gasteiger partial charge on any atom is -0.339 e. The second-order valence-electron chi connectivity index (χ2n) is 5.35. The smallest absolute Gasteiger partial charge is 0.255 e. The molecule has 0 bridgehead atoms. The molecule has 1 aromatic heterocycles. The molecule has 1 aromatic carbocycles. The van der Waals surface area contributed by atoms with Crippen molar-refractivity contribution < 1.29 is 4.79 Å². The molecule has 2 heterocycles. The fourth-order valence-electron chi connectivity index (χ4n) is 2.83. The highest BCUT2D eigenvalue weighted by molar-refractivity contribution is 6.29. The minimum absolute atomic E-state index is 0.0469. The topological polar surface area (TPSA) is 33.2 Å². The van der Waals surface area contributed by atoms with Crippen LogP contribution in [0.4, 0.5) is 0 Å². The standard InChI is InChI=1S/C17H17ClN2O/c18-16-7-6-15(12-19-16)17(21)20-10-8-14(9-11-20)13-4-2-1-3-5-13/h1-7,12,14H,8-11H2. The van der Waals surface area contributed by atoms with Gasteiger partial charge in [-0.3, -0.25) is 4.79 Å². The molecular weight excluding hydrogens is 284 g/mol. The second-order valence-corrected chi connectivity index (χ2v) is 5.73. The number of aromatic nitrogens is 1. The molecule has 0 saturated carbocycles. The molecule has 21 heavy (non-hydrogen) atoms. The van der Waals surface area contributed by atoms with Crippen molar-refractivity contribution in [1.29, 1.82) is 0 Å². The van der Waals surface area contributed by atoms with Crippen molar-refractivity contribution in [2.75, 3.05) is 13.1 Å². The van der Waals surface area contributed by atoms with E-state index >= 15 is 0 Å². The van der Waals surface area contributed by atoms with Crippen LogP contribution in [0.25, 0.3) is 0 Å². The number of benzene rings is 1. The Morgan fingerprint density at radius 1 is 1.10 bits per heavy atom. The molecule has 1 aliphatic heterocycles. The van der Waals surface area contributed by atoms with E-state index in [4.69, 9.17) is 11.6 Å². The van der Waals surface area contributed by atoms with Gasteiger partial charge >= 0.3 is 0 Å². The number of likely N-dealkylation sites (tertiary alicyclic amines) is 1. The van der Waals surface area contributed by atoms with Gasteiger partial charge in [-0.2, -0.15) is 0 Å². The number of halogens is 1. The number of piperidine rings is 1. The van der Waals surface area contributed by atoms with E-state index in [0.717, 1.165) is 25.9 Å². The molecule has 0 N–H and O–H groups in total. The van der Waals surface area contributed by atoms with E-state index in [1.807, 2.05) is 11.0 Å². The van der Waals surface area contributed by atoms with Crippen LogP contribution < -0.4 is 0 Å². The number of carbonyl (C=O) groups excluding carboxylic acids is 1. The maximum Gasteiger partial charge on any atom is 0.255 e. The number of pyridine rings is 1. The van der Waals surface area contributed by atoms with Crippen LogP contribution in [0.5, 0.6) is 0 Å². The third-order valence-electron chi connectivity index (χ3n) is 4.03. The van der Waals surface area contributed by atoms with Gasteiger partial charge in [0.25, 0.3) is 5.91 Å². The van der Waals surface area contributed by atoms with E-state index in [1.165, 1.54) is 5.56 Å². The molecule has 0 atom stereocenters. The van der Waals surface area contributed by atoms with Crippen LogP contribution in [0, 0.1) is 0 Å². The summed E-state index contributed by atoms with van der Waals surface area (Å²) in [7, 11) is 0. The largest absolute Gasteiger partial charge is 0.339 e. The fraction of sp³-hybridized carbons (Fsp3) is 0.294. The predicted molar refractivity (Wildman–Crippen MR) is 83.6 cm³/mol. The van der Waals surface area contributed by atoms with Gasteiger partial charge in [0, 0.05) is 19.3 Å². The lowest BCUT2D eigenvalue weighted by molar-refractivity contribution is 0.0712. The molecule has 1 saturated heterocycles. The molecule has 0 unspecified atom stereocenters. The zero-order chi connectivity index (χ0) is 14.7. The molecule has 1 aliphatic rings. The van der Waals surface area contributed by atoms with Gasteiger partial charge < -0.3 is 4.90 Å². The first-order valence-electron chi connectivity index (χ1n) is 7.20. The monoisotopic (exact) mass is 300 g/mol. The highest BCUT2D eigenvalue weighted by Crippen LogP contribution is 2.28. The van der Waals surface area contributed by atoms with Gasteiger partial charge in [-0.15, -0.1) is 0 Å². The Kier molecular flexibility index (Phi) is 4.20. The summed E-state index contributed by atoms with van der Waals surface area (Å²) < 4.78 is 0. The Hall–Kier alpha value is -1.87. The van der Waals surface area contributed by atoms with Crippen LogP contribution in [0.2, 0.25) is 5.15 Å². The number of rotatable bonds is 2. The lowest BCUT2D eigenvalue weighted by Crippen LogP contribution is -2.37. The molecule has 0 radical (unpaired) electrons. The van der Waals surface area contributed by atoms with Crippen molar-refractivity contribution in [2.45, 2.75) is 18.8 Å². The number of amides is 1. The van der Waals surface area contributed by atoms with Crippen molar-refractivity contribution >= 4 is 17.5 Å². The maximum atomic E-state index is 12.4. The number of hydrogen-bond donors (Lipinski definition) is 0. The first-order valence-corrected chi connectivity index (χ1v) is 7.57. The van der Waals surface area contributed by atoms with Crippen LogP contribution in [0.1, 0.15) is 34.7 Å². The van der Waals surface area contributed by atoms with E-state index in [0.29, 0.717) is 16.6 Å². The summed E-state index contributed by atoms with van der Waals surface area (Å²) in [6.45, 7) is 1.59. The van der Waals surface area contributed by atoms with Gasteiger partial charge in [-0.05, 0) is 36.5 Å². The Morgan fingerprint density at radius 2 is 1.81 bits per heavy atom. The van der Waals surface area contributed by atoms with Crippen molar-refractivity contribution in [3.8, 4) is 0 Å². The summed E-state index contributed by atoms with van der Waals surface area (Å²) in [6.07, 6.45) is 3.57. The van der Waals surface area contributed by atoms with Gasteiger partial charge in [-0.25, -0.2) is 4.98 Å². The van der Waals surface area contributed by atoms with E-state index < -0.39 is 0 Å². The van der Waals surface area contributed by atoms with Crippen LogP contribution in [-0.2, 0) is 0 Å². The number of carbonyl (C=O) groups is 1. The minimum atomic E-state index is 0.0469. The van der Waals surface area contributed by atoms with E-state index in [1.54, 1.807) is 18.3 Å². The normalized spacial score (nSPS) is 16.0. The van der Waals surface area contributed by atoms with Crippen LogP contribution in [-0.4, -0.2) is 28.9 Å². The molecule has 1 fully saturated rings. The average Bonchev–Trinajstić information content (AvgIpc) is 2.56. The van der Waals surface area contributed by atoms with Crippen molar-refractivity contribution in [1.82, 2.24) is 9.88 Å². The molecule has 0 spiro atoms. The molecule has 4 heteroatoms. The summed E-state index contributed by atoms with van der Waals surface area (Å²) in [5.41, 5.74) is 1.98. The first kappa shape index (κ1) is 14.1. The highest BCUT2D eigenvalue weighted by Gasteiger charge is 2.24. The highest BCUT2D eigenvalue weighted by atomic mass is 35.5.